The number of rotatable bonds is 7. The van der Waals surface area contributed by atoms with Crippen LogP contribution in [0.15, 0.2) is 48.8 Å². The van der Waals surface area contributed by atoms with Crippen molar-refractivity contribution in [1.29, 1.82) is 0 Å². The molecular formula is C18H24N2O2. The molecule has 0 amide bonds. The maximum absolute atomic E-state index is 10.1. The van der Waals surface area contributed by atoms with Crippen molar-refractivity contribution in [2.24, 2.45) is 0 Å². The summed E-state index contributed by atoms with van der Waals surface area (Å²) in [6.45, 7) is 6.60. The summed E-state index contributed by atoms with van der Waals surface area (Å²) in [5, 5.41) is 13.5. The molecule has 22 heavy (non-hydrogen) atoms. The highest BCUT2D eigenvalue weighted by molar-refractivity contribution is 5.29. The van der Waals surface area contributed by atoms with E-state index in [9.17, 15) is 5.11 Å². The van der Waals surface area contributed by atoms with Gasteiger partial charge in [-0.2, -0.15) is 0 Å². The summed E-state index contributed by atoms with van der Waals surface area (Å²) in [6.07, 6.45) is 3.02. The predicted octanol–water partition coefficient (Wildman–Crippen LogP) is 3.25. The molecule has 2 atom stereocenters. The van der Waals surface area contributed by atoms with Gasteiger partial charge in [-0.25, -0.2) is 0 Å². The van der Waals surface area contributed by atoms with Gasteiger partial charge < -0.3 is 15.2 Å². The van der Waals surface area contributed by atoms with Gasteiger partial charge in [0.15, 0.2) is 0 Å². The monoisotopic (exact) mass is 300 g/mol. The minimum atomic E-state index is -0.533. The van der Waals surface area contributed by atoms with Crippen LogP contribution in [0.5, 0.6) is 5.75 Å². The number of nitrogens with zero attached hydrogens (tertiary/aromatic N) is 1. The van der Waals surface area contributed by atoms with Gasteiger partial charge in [-0.1, -0.05) is 12.1 Å². The molecule has 2 aromatic rings. The number of nitrogens with one attached hydrogen (secondary N) is 1. The Morgan fingerprint density at radius 1 is 1.00 bits per heavy atom. The molecule has 0 aliphatic carbocycles. The van der Waals surface area contributed by atoms with E-state index in [1.54, 1.807) is 12.4 Å². The second kappa shape index (κ2) is 7.92. The standard InChI is InChI=1S/C18H24N2O2/c1-13(2)22-17-6-4-15(5-7-17)14(3)20-12-18(21)16-8-10-19-11-9-16/h4-11,13-14,18,20-21H,12H2,1-3H3. The molecular weight excluding hydrogens is 276 g/mol. The van der Waals surface area contributed by atoms with E-state index < -0.39 is 6.10 Å². The first kappa shape index (κ1) is 16.5. The zero-order chi connectivity index (χ0) is 15.9. The number of hydrogen-bond acceptors (Lipinski definition) is 4. The molecule has 2 unspecified atom stereocenters. The lowest BCUT2D eigenvalue weighted by atomic mass is 10.1. The molecule has 4 heteroatoms. The molecule has 0 fully saturated rings. The molecule has 0 aliphatic heterocycles. The van der Waals surface area contributed by atoms with Crippen molar-refractivity contribution in [2.45, 2.75) is 39.0 Å². The molecule has 2 N–H and O–H groups in total. The van der Waals surface area contributed by atoms with E-state index in [4.69, 9.17) is 4.74 Å². The van der Waals surface area contributed by atoms with Crippen LogP contribution in [0.25, 0.3) is 0 Å². The van der Waals surface area contributed by atoms with Gasteiger partial charge in [0.05, 0.1) is 12.2 Å². The molecule has 2 rings (SSSR count). The minimum absolute atomic E-state index is 0.157. The normalized spacial score (nSPS) is 13.9. The molecule has 0 bridgehead atoms. The lowest BCUT2D eigenvalue weighted by Crippen LogP contribution is -2.24. The van der Waals surface area contributed by atoms with E-state index in [1.165, 1.54) is 0 Å². The minimum Gasteiger partial charge on any atom is -0.491 e. The van der Waals surface area contributed by atoms with Crippen LogP contribution in [0, 0.1) is 0 Å². The summed E-state index contributed by atoms with van der Waals surface area (Å²) >= 11 is 0. The highest BCUT2D eigenvalue weighted by atomic mass is 16.5. The van der Waals surface area contributed by atoms with Gasteiger partial charge in [0, 0.05) is 25.0 Å². The average molecular weight is 300 g/mol. The molecule has 1 aromatic heterocycles. The van der Waals surface area contributed by atoms with Crippen LogP contribution in [0.4, 0.5) is 0 Å². The largest absolute Gasteiger partial charge is 0.491 e. The highest BCUT2D eigenvalue weighted by Gasteiger charge is 2.10. The topological polar surface area (TPSA) is 54.4 Å². The summed E-state index contributed by atoms with van der Waals surface area (Å²) in [5.41, 5.74) is 2.04. The fourth-order valence-corrected chi connectivity index (χ4v) is 2.22. The van der Waals surface area contributed by atoms with E-state index in [0.29, 0.717) is 6.54 Å². The van der Waals surface area contributed by atoms with E-state index in [1.807, 2.05) is 50.2 Å². The Balaban J connectivity index is 1.88. The van der Waals surface area contributed by atoms with Crippen LogP contribution in [0.3, 0.4) is 0 Å². The molecule has 1 heterocycles. The highest BCUT2D eigenvalue weighted by Crippen LogP contribution is 2.19. The average Bonchev–Trinajstić information content (AvgIpc) is 2.53. The second-order valence-electron chi connectivity index (χ2n) is 5.66. The van der Waals surface area contributed by atoms with Gasteiger partial charge in [0.1, 0.15) is 5.75 Å². The van der Waals surface area contributed by atoms with E-state index in [2.05, 4.69) is 17.2 Å². The molecule has 118 valence electrons. The number of ether oxygens (including phenoxy) is 1. The summed E-state index contributed by atoms with van der Waals surface area (Å²) in [6, 6.07) is 11.9. The summed E-state index contributed by atoms with van der Waals surface area (Å²) in [4.78, 5) is 3.96. The third-order valence-corrected chi connectivity index (χ3v) is 3.46. The Bertz CT molecular complexity index is 555. The van der Waals surface area contributed by atoms with Crippen LogP contribution in [0.1, 0.15) is 44.0 Å². The second-order valence-corrected chi connectivity index (χ2v) is 5.66. The first-order valence-electron chi connectivity index (χ1n) is 7.64. The van der Waals surface area contributed by atoms with Crippen molar-refractivity contribution in [3.63, 3.8) is 0 Å². The van der Waals surface area contributed by atoms with E-state index >= 15 is 0 Å². The number of pyridine rings is 1. The maximum atomic E-state index is 10.1. The molecule has 0 saturated heterocycles. The van der Waals surface area contributed by atoms with Crippen LogP contribution >= 0.6 is 0 Å². The molecule has 0 saturated carbocycles. The quantitative estimate of drug-likeness (QED) is 0.824. The van der Waals surface area contributed by atoms with E-state index in [-0.39, 0.29) is 12.1 Å². The van der Waals surface area contributed by atoms with Crippen LogP contribution in [-0.2, 0) is 0 Å². The zero-order valence-electron chi connectivity index (χ0n) is 13.4. The maximum Gasteiger partial charge on any atom is 0.119 e. The lowest BCUT2D eigenvalue weighted by Gasteiger charge is -2.18. The van der Waals surface area contributed by atoms with Crippen LogP contribution in [0.2, 0.25) is 0 Å². The number of benzene rings is 1. The van der Waals surface area contributed by atoms with Gasteiger partial charge in [0.2, 0.25) is 0 Å². The van der Waals surface area contributed by atoms with Gasteiger partial charge in [-0.3, -0.25) is 4.98 Å². The van der Waals surface area contributed by atoms with Gasteiger partial charge in [-0.05, 0) is 56.2 Å². The number of hydrogen-bond donors (Lipinski definition) is 2. The van der Waals surface area contributed by atoms with Crippen molar-refractivity contribution >= 4 is 0 Å². The fourth-order valence-electron chi connectivity index (χ4n) is 2.22. The number of aromatic nitrogens is 1. The molecule has 1 aromatic carbocycles. The fraction of sp³-hybridized carbons (Fsp3) is 0.389. The first-order chi connectivity index (χ1) is 10.6. The van der Waals surface area contributed by atoms with Crippen LogP contribution < -0.4 is 10.1 Å². The zero-order valence-corrected chi connectivity index (χ0v) is 13.4. The third kappa shape index (κ3) is 4.83. The molecule has 0 aliphatic rings. The van der Waals surface area contributed by atoms with Crippen molar-refractivity contribution in [3.8, 4) is 5.75 Å². The lowest BCUT2D eigenvalue weighted by molar-refractivity contribution is 0.170. The SMILES string of the molecule is CC(C)Oc1ccc(C(C)NCC(O)c2ccncc2)cc1. The Kier molecular flexibility index (Phi) is 5.92. The predicted molar refractivity (Wildman–Crippen MR) is 87.8 cm³/mol. The van der Waals surface area contributed by atoms with E-state index in [0.717, 1.165) is 16.9 Å². The Morgan fingerprint density at radius 2 is 1.64 bits per heavy atom. The smallest absolute Gasteiger partial charge is 0.119 e. The van der Waals surface area contributed by atoms with Gasteiger partial charge >= 0.3 is 0 Å². The van der Waals surface area contributed by atoms with Gasteiger partial charge in [0.25, 0.3) is 0 Å². The molecule has 0 radical (unpaired) electrons. The molecule has 0 spiro atoms. The number of aliphatic hydroxyl groups excluding tert-OH is 1. The Morgan fingerprint density at radius 3 is 2.23 bits per heavy atom. The summed E-state index contributed by atoms with van der Waals surface area (Å²) in [7, 11) is 0. The van der Waals surface area contributed by atoms with Crippen molar-refractivity contribution < 1.29 is 9.84 Å². The summed E-state index contributed by atoms with van der Waals surface area (Å²) in [5.74, 6) is 0.878. The first-order valence-corrected chi connectivity index (χ1v) is 7.64. The van der Waals surface area contributed by atoms with Crippen molar-refractivity contribution in [2.75, 3.05) is 6.54 Å². The number of aliphatic hydroxyl groups is 1. The molecule has 4 nitrogen and oxygen atoms in total. The van der Waals surface area contributed by atoms with Gasteiger partial charge in [-0.15, -0.1) is 0 Å². The third-order valence-electron chi connectivity index (χ3n) is 3.46. The Hall–Kier alpha value is -1.91. The summed E-state index contributed by atoms with van der Waals surface area (Å²) < 4.78 is 5.64. The Labute approximate surface area is 132 Å². The van der Waals surface area contributed by atoms with Crippen LogP contribution in [-0.4, -0.2) is 22.7 Å². The van der Waals surface area contributed by atoms with Crippen molar-refractivity contribution in [3.05, 3.63) is 59.9 Å². The van der Waals surface area contributed by atoms with Crippen molar-refractivity contribution in [1.82, 2.24) is 10.3 Å².